The average molecular weight is 601 g/mol. The molecule has 1 aliphatic rings. The van der Waals surface area contributed by atoms with Gasteiger partial charge in [0, 0.05) is 22.6 Å². The summed E-state index contributed by atoms with van der Waals surface area (Å²) in [6.45, 7) is 8.91. The summed E-state index contributed by atoms with van der Waals surface area (Å²) in [4.78, 5) is 0. The molecule has 0 fully saturated rings. The number of para-hydroxylation sites is 2. The highest BCUT2D eigenvalue weighted by Crippen LogP contribution is 2.27. The van der Waals surface area contributed by atoms with Crippen molar-refractivity contribution < 1.29 is 9.47 Å². The zero-order chi connectivity index (χ0) is 29.0. The van der Waals surface area contributed by atoms with Crippen molar-refractivity contribution in [3.63, 3.8) is 0 Å². The zero-order valence-electron chi connectivity index (χ0n) is 23.2. The van der Waals surface area contributed by atoms with Crippen molar-refractivity contribution in [1.29, 1.82) is 0 Å². The van der Waals surface area contributed by atoms with Crippen molar-refractivity contribution in [3.8, 4) is 11.5 Å². The maximum absolute atomic E-state index is 6.32. The number of aromatic nitrogens is 6. The van der Waals surface area contributed by atoms with E-state index in [2.05, 4.69) is 55.9 Å². The number of hydrogen-bond acceptors (Lipinski definition) is 10. The Morgan fingerprint density at radius 1 is 0.714 bits per heavy atom. The third-order valence-corrected chi connectivity index (χ3v) is 8.33. The van der Waals surface area contributed by atoms with Crippen molar-refractivity contribution in [1.82, 2.24) is 29.7 Å². The molecule has 2 aromatic carbocycles. The van der Waals surface area contributed by atoms with Crippen LogP contribution >= 0.6 is 23.5 Å². The van der Waals surface area contributed by atoms with Crippen LogP contribution in [0.15, 0.2) is 94.9 Å². The minimum absolute atomic E-state index is 0.544. The van der Waals surface area contributed by atoms with E-state index in [1.807, 2.05) is 36.4 Å². The number of hydrogen-bond donors (Lipinski definition) is 0. The lowest BCUT2D eigenvalue weighted by molar-refractivity contribution is 0.264. The Hall–Kier alpha value is -4.16. The van der Waals surface area contributed by atoms with Gasteiger partial charge in [-0.3, -0.25) is 0 Å². The molecule has 0 saturated carbocycles. The van der Waals surface area contributed by atoms with E-state index in [-0.39, 0.29) is 0 Å². The highest BCUT2D eigenvalue weighted by Gasteiger charge is 2.12. The number of thioether (sulfide) groups is 2. The van der Waals surface area contributed by atoms with Crippen molar-refractivity contribution in [2.24, 2.45) is 10.2 Å². The van der Waals surface area contributed by atoms with Gasteiger partial charge in [-0.25, -0.2) is 0 Å². The first-order valence-electron chi connectivity index (χ1n) is 13.6. The summed E-state index contributed by atoms with van der Waals surface area (Å²) in [6, 6.07) is 12.1. The summed E-state index contributed by atoms with van der Waals surface area (Å²) < 4.78 is 16.0. The van der Waals surface area contributed by atoms with E-state index in [9.17, 15) is 0 Å². The predicted octanol–water partition coefficient (Wildman–Crippen LogP) is 5.53. The van der Waals surface area contributed by atoms with Crippen LogP contribution in [0.25, 0.3) is 0 Å². The molecule has 0 saturated heterocycles. The molecule has 2 aromatic heterocycles. The van der Waals surface area contributed by atoms with Gasteiger partial charge in [-0.2, -0.15) is 19.6 Å². The van der Waals surface area contributed by atoms with Crippen LogP contribution in [-0.2, 0) is 12.8 Å². The predicted molar refractivity (Wildman–Crippen MR) is 168 cm³/mol. The quantitative estimate of drug-likeness (QED) is 0.282. The molecular weight excluding hydrogens is 569 g/mol. The largest absolute Gasteiger partial charge is 0.493 e. The molecule has 4 aromatic rings. The average Bonchev–Trinajstić information content (AvgIpc) is 3.65. The molecule has 0 amide bonds. The molecule has 0 bridgehead atoms. The minimum Gasteiger partial charge on any atom is -0.493 e. The summed E-state index contributed by atoms with van der Waals surface area (Å²) in [6.07, 6.45) is 13.6. The van der Waals surface area contributed by atoms with E-state index in [1.54, 1.807) is 58.0 Å². The van der Waals surface area contributed by atoms with Gasteiger partial charge in [0.05, 0.1) is 25.6 Å². The van der Waals surface area contributed by atoms with Crippen LogP contribution in [0.5, 0.6) is 11.5 Å². The lowest BCUT2D eigenvalue weighted by Crippen LogP contribution is -2.07. The molecular formula is C30H32N8O2S2. The number of fused-ring (bicyclic) bond motifs is 4. The third-order valence-electron chi connectivity index (χ3n) is 6.20. The number of allylic oxidation sites excluding steroid dienone is 2. The summed E-state index contributed by atoms with van der Waals surface area (Å²) in [7, 11) is 0. The Morgan fingerprint density at radius 3 is 1.64 bits per heavy atom. The molecule has 12 heteroatoms. The Balaban J connectivity index is 1.42. The standard InChI is InChI=1S/C30H32N8O2S2/c1-3-9-23-11-7-13-25-19-33-37-21-31-35-29(37)41-17-18-42-30-36-32-22-38(30)34-20-26-14-8-12-24(10-4-2)28(26)40-16-6-5-15-39-27(23)25/h3-4,7-8,11-14,19-22H,1-2,5-6,9-10,15-18H2/b33-19-,34-20-. The van der Waals surface area contributed by atoms with E-state index in [4.69, 9.17) is 9.47 Å². The van der Waals surface area contributed by atoms with Gasteiger partial charge in [0.2, 0.25) is 10.3 Å². The molecule has 3 heterocycles. The van der Waals surface area contributed by atoms with Crippen LogP contribution in [-0.4, -0.2) is 66.9 Å². The van der Waals surface area contributed by atoms with E-state index in [1.165, 1.54) is 0 Å². The molecule has 10 nitrogen and oxygen atoms in total. The van der Waals surface area contributed by atoms with Gasteiger partial charge in [0.1, 0.15) is 24.2 Å². The van der Waals surface area contributed by atoms with Crippen LogP contribution in [0.1, 0.15) is 35.1 Å². The number of rotatable bonds is 4. The maximum atomic E-state index is 6.32. The number of nitrogens with zero attached hydrogens (tertiary/aromatic N) is 8. The molecule has 0 N–H and O–H groups in total. The van der Waals surface area contributed by atoms with Gasteiger partial charge in [-0.15, -0.1) is 33.6 Å². The fourth-order valence-corrected chi connectivity index (χ4v) is 5.95. The Kier molecular flexibility index (Phi) is 10.6. The van der Waals surface area contributed by atoms with E-state index in [0.29, 0.717) is 36.4 Å². The van der Waals surface area contributed by atoms with Crippen LogP contribution in [0.4, 0.5) is 0 Å². The molecule has 216 valence electrons. The first-order chi connectivity index (χ1) is 20.8. The first-order valence-corrected chi connectivity index (χ1v) is 15.6. The summed E-state index contributed by atoms with van der Waals surface area (Å²) in [5.74, 6) is 3.14. The minimum atomic E-state index is 0.544. The van der Waals surface area contributed by atoms with Crippen LogP contribution in [0.3, 0.4) is 0 Å². The lowest BCUT2D eigenvalue weighted by Gasteiger charge is -2.15. The Labute approximate surface area is 253 Å². The molecule has 42 heavy (non-hydrogen) atoms. The second kappa shape index (κ2) is 15.2. The van der Waals surface area contributed by atoms with Crippen LogP contribution in [0, 0.1) is 0 Å². The molecule has 0 spiro atoms. The van der Waals surface area contributed by atoms with Crippen molar-refractivity contribution in [2.75, 3.05) is 24.7 Å². The lowest BCUT2D eigenvalue weighted by atomic mass is 10.1. The van der Waals surface area contributed by atoms with Gasteiger partial charge < -0.3 is 9.47 Å². The molecule has 0 atom stereocenters. The third kappa shape index (κ3) is 7.56. The maximum Gasteiger partial charge on any atom is 0.211 e. The Morgan fingerprint density at radius 2 is 1.19 bits per heavy atom. The fraction of sp³-hybridized carbons (Fsp3) is 0.267. The van der Waals surface area contributed by atoms with Gasteiger partial charge in [0.25, 0.3) is 0 Å². The first kappa shape index (κ1) is 29.3. The number of benzene rings is 2. The van der Waals surface area contributed by atoms with E-state index < -0.39 is 0 Å². The second-order valence-electron chi connectivity index (χ2n) is 9.16. The summed E-state index contributed by atoms with van der Waals surface area (Å²) >= 11 is 3.13. The van der Waals surface area contributed by atoms with E-state index in [0.717, 1.165) is 58.1 Å². The van der Waals surface area contributed by atoms with Crippen LogP contribution < -0.4 is 9.47 Å². The molecule has 5 rings (SSSR count). The molecule has 0 aliphatic carbocycles. The van der Waals surface area contributed by atoms with Crippen LogP contribution in [0.2, 0.25) is 0 Å². The normalized spacial score (nSPS) is 16.0. The van der Waals surface area contributed by atoms with Crippen molar-refractivity contribution in [3.05, 3.63) is 96.6 Å². The van der Waals surface area contributed by atoms with E-state index >= 15 is 0 Å². The SMILES string of the molecule is C=CCc1cccc2c1OCCCCOc1c(cccc1CC=C)/C=N\n1cnnc1SCCSc1nncn1/N=C\2. The highest BCUT2D eigenvalue weighted by atomic mass is 32.2. The monoisotopic (exact) mass is 600 g/mol. The van der Waals surface area contributed by atoms with Crippen molar-refractivity contribution in [2.45, 2.75) is 36.0 Å². The molecule has 1 aliphatic heterocycles. The summed E-state index contributed by atoms with van der Waals surface area (Å²) in [5, 5.41) is 27.3. The van der Waals surface area contributed by atoms with Gasteiger partial charge in [0.15, 0.2) is 0 Å². The molecule has 0 unspecified atom stereocenters. The summed E-state index contributed by atoms with van der Waals surface area (Å²) in [5.41, 5.74) is 3.89. The Bertz CT molecular complexity index is 1450. The smallest absolute Gasteiger partial charge is 0.211 e. The highest BCUT2D eigenvalue weighted by molar-refractivity contribution is 8.02. The van der Waals surface area contributed by atoms with Gasteiger partial charge >= 0.3 is 0 Å². The van der Waals surface area contributed by atoms with Gasteiger partial charge in [-0.05, 0) is 48.9 Å². The number of ether oxygens (including phenoxy) is 2. The topological polar surface area (TPSA) is 105 Å². The van der Waals surface area contributed by atoms with Gasteiger partial charge in [-0.1, -0.05) is 59.9 Å². The molecule has 0 radical (unpaired) electrons. The fourth-order valence-electron chi connectivity index (χ4n) is 4.25. The zero-order valence-corrected chi connectivity index (χ0v) is 24.8. The second-order valence-corrected chi connectivity index (χ2v) is 11.3. The van der Waals surface area contributed by atoms with Crippen molar-refractivity contribution >= 4 is 36.0 Å².